The molecule has 0 radical (unpaired) electrons. The maximum absolute atomic E-state index is 12.4. The summed E-state index contributed by atoms with van der Waals surface area (Å²) in [7, 11) is -3.17. The Morgan fingerprint density at radius 1 is 1.24 bits per heavy atom. The third-order valence-electron chi connectivity index (χ3n) is 3.97. The lowest BCUT2D eigenvalue weighted by Gasteiger charge is -2.26. The minimum Gasteiger partial charge on any atom is -0.486 e. The van der Waals surface area contributed by atoms with E-state index in [1.54, 1.807) is 4.31 Å². The van der Waals surface area contributed by atoms with Crippen LogP contribution in [0.25, 0.3) is 0 Å². The van der Waals surface area contributed by atoms with Crippen molar-refractivity contribution >= 4 is 10.0 Å². The molecular weight excluding hydrogens is 290 g/mol. The summed E-state index contributed by atoms with van der Waals surface area (Å²) in [5.41, 5.74) is 0.997. The molecule has 1 saturated heterocycles. The highest BCUT2D eigenvalue weighted by molar-refractivity contribution is 7.89. The summed E-state index contributed by atoms with van der Waals surface area (Å²) in [6.07, 6.45) is 2.41. The average molecular weight is 311 g/mol. The van der Waals surface area contributed by atoms with Crippen LogP contribution in [0.15, 0.2) is 18.2 Å². The number of sulfonamides is 1. The van der Waals surface area contributed by atoms with Crippen LogP contribution < -0.4 is 9.47 Å². The van der Waals surface area contributed by atoms with Crippen molar-refractivity contribution in [1.29, 1.82) is 0 Å². The van der Waals surface area contributed by atoms with E-state index in [1.807, 2.05) is 25.1 Å². The van der Waals surface area contributed by atoms with E-state index in [0.29, 0.717) is 26.2 Å². The smallest absolute Gasteiger partial charge is 0.214 e. The van der Waals surface area contributed by atoms with Crippen LogP contribution in [0.1, 0.15) is 37.8 Å². The Morgan fingerprint density at radius 3 is 2.76 bits per heavy atom. The van der Waals surface area contributed by atoms with Crippen molar-refractivity contribution in [1.82, 2.24) is 4.31 Å². The van der Waals surface area contributed by atoms with Gasteiger partial charge in [0.25, 0.3) is 0 Å². The molecular formula is C15H21NO4S. The standard InChI is InChI=1S/C15H21NO4S/c1-2-10-21(17,18)16-7-3-4-13(16)12-5-6-14-15(11-12)20-9-8-19-14/h5-6,11,13H,2-4,7-10H2,1H3/t13-/m1/s1. The Balaban J connectivity index is 1.88. The zero-order valence-corrected chi connectivity index (χ0v) is 13.1. The Kier molecular flexibility index (Phi) is 4.08. The van der Waals surface area contributed by atoms with Crippen LogP contribution in [-0.2, 0) is 10.0 Å². The SMILES string of the molecule is CCCS(=O)(=O)N1CCC[C@@H]1c1ccc2c(c1)OCCO2. The highest BCUT2D eigenvalue weighted by Crippen LogP contribution is 2.39. The molecule has 1 aromatic carbocycles. The number of hydrogen-bond acceptors (Lipinski definition) is 4. The van der Waals surface area contributed by atoms with E-state index in [2.05, 4.69) is 0 Å². The molecule has 1 aromatic rings. The van der Waals surface area contributed by atoms with Crippen molar-refractivity contribution in [2.45, 2.75) is 32.2 Å². The molecule has 1 atom stereocenters. The van der Waals surface area contributed by atoms with Crippen LogP contribution in [0, 0.1) is 0 Å². The van der Waals surface area contributed by atoms with E-state index >= 15 is 0 Å². The Bertz CT molecular complexity index is 614. The lowest BCUT2D eigenvalue weighted by Crippen LogP contribution is -2.32. The fourth-order valence-corrected chi connectivity index (χ4v) is 4.82. The molecule has 5 nitrogen and oxygen atoms in total. The summed E-state index contributed by atoms with van der Waals surface area (Å²) in [6.45, 7) is 3.61. The van der Waals surface area contributed by atoms with Gasteiger partial charge in [-0.1, -0.05) is 13.0 Å². The molecule has 0 aliphatic carbocycles. The maximum Gasteiger partial charge on any atom is 0.214 e. The second-order valence-electron chi connectivity index (χ2n) is 5.49. The highest BCUT2D eigenvalue weighted by Gasteiger charge is 2.35. The molecule has 2 heterocycles. The molecule has 21 heavy (non-hydrogen) atoms. The summed E-state index contributed by atoms with van der Waals surface area (Å²) in [5.74, 6) is 1.68. The Hall–Kier alpha value is -1.27. The molecule has 6 heteroatoms. The molecule has 0 amide bonds. The van der Waals surface area contributed by atoms with Gasteiger partial charge in [0.1, 0.15) is 13.2 Å². The van der Waals surface area contributed by atoms with Gasteiger partial charge in [-0.25, -0.2) is 8.42 Å². The molecule has 0 aromatic heterocycles. The molecule has 0 unspecified atom stereocenters. The molecule has 2 aliphatic heterocycles. The first kappa shape index (κ1) is 14.7. The first-order valence-corrected chi connectivity index (χ1v) is 9.12. The predicted molar refractivity (Wildman–Crippen MR) is 80.2 cm³/mol. The minimum atomic E-state index is -3.17. The topological polar surface area (TPSA) is 55.8 Å². The molecule has 0 N–H and O–H groups in total. The molecule has 3 rings (SSSR count). The largest absolute Gasteiger partial charge is 0.486 e. The quantitative estimate of drug-likeness (QED) is 0.856. The fraction of sp³-hybridized carbons (Fsp3) is 0.600. The van der Waals surface area contributed by atoms with Gasteiger partial charge in [0.05, 0.1) is 5.75 Å². The van der Waals surface area contributed by atoms with Crippen LogP contribution in [0.2, 0.25) is 0 Å². The van der Waals surface area contributed by atoms with Crippen LogP contribution in [0.3, 0.4) is 0 Å². The second kappa shape index (κ2) is 5.85. The molecule has 1 fully saturated rings. The van der Waals surface area contributed by atoms with Gasteiger partial charge in [-0.3, -0.25) is 0 Å². The van der Waals surface area contributed by atoms with Gasteiger partial charge in [-0.2, -0.15) is 4.31 Å². The number of nitrogens with zero attached hydrogens (tertiary/aromatic N) is 1. The normalized spacial score (nSPS) is 22.4. The number of ether oxygens (including phenoxy) is 2. The molecule has 0 spiro atoms. The number of hydrogen-bond donors (Lipinski definition) is 0. The Morgan fingerprint density at radius 2 is 2.00 bits per heavy atom. The first-order valence-electron chi connectivity index (χ1n) is 7.51. The third kappa shape index (κ3) is 2.87. The Labute approximate surface area is 125 Å². The zero-order chi connectivity index (χ0) is 14.9. The average Bonchev–Trinajstić information content (AvgIpc) is 2.97. The maximum atomic E-state index is 12.4. The molecule has 0 bridgehead atoms. The highest BCUT2D eigenvalue weighted by atomic mass is 32.2. The summed E-state index contributed by atoms with van der Waals surface area (Å²) in [6, 6.07) is 5.70. The van der Waals surface area contributed by atoms with E-state index < -0.39 is 10.0 Å². The van der Waals surface area contributed by atoms with Crippen LogP contribution in [0.5, 0.6) is 11.5 Å². The predicted octanol–water partition coefficient (Wildman–Crippen LogP) is 2.33. The monoisotopic (exact) mass is 311 g/mol. The lowest BCUT2D eigenvalue weighted by atomic mass is 10.0. The third-order valence-corrected chi connectivity index (χ3v) is 6.05. The van der Waals surface area contributed by atoms with Gasteiger partial charge < -0.3 is 9.47 Å². The van der Waals surface area contributed by atoms with E-state index in [-0.39, 0.29) is 11.8 Å². The van der Waals surface area contributed by atoms with Crippen LogP contribution in [-0.4, -0.2) is 38.2 Å². The van der Waals surface area contributed by atoms with Gasteiger partial charge in [-0.05, 0) is 37.0 Å². The van der Waals surface area contributed by atoms with Gasteiger partial charge in [-0.15, -0.1) is 0 Å². The van der Waals surface area contributed by atoms with Crippen LogP contribution in [0.4, 0.5) is 0 Å². The van der Waals surface area contributed by atoms with Crippen molar-refractivity contribution in [3.63, 3.8) is 0 Å². The van der Waals surface area contributed by atoms with Gasteiger partial charge in [0, 0.05) is 12.6 Å². The summed E-state index contributed by atoms with van der Waals surface area (Å²) >= 11 is 0. The summed E-state index contributed by atoms with van der Waals surface area (Å²) in [4.78, 5) is 0. The van der Waals surface area contributed by atoms with Crippen molar-refractivity contribution < 1.29 is 17.9 Å². The van der Waals surface area contributed by atoms with Gasteiger partial charge >= 0.3 is 0 Å². The first-order chi connectivity index (χ1) is 10.1. The fourth-order valence-electron chi connectivity index (χ4n) is 3.05. The number of benzene rings is 1. The van der Waals surface area contributed by atoms with Crippen LogP contribution >= 0.6 is 0 Å². The van der Waals surface area contributed by atoms with Gasteiger partial charge in [0.15, 0.2) is 11.5 Å². The summed E-state index contributed by atoms with van der Waals surface area (Å²) in [5, 5.41) is 0. The van der Waals surface area contributed by atoms with Crippen molar-refractivity contribution in [2.75, 3.05) is 25.5 Å². The van der Waals surface area contributed by atoms with Crippen molar-refractivity contribution in [3.8, 4) is 11.5 Å². The number of rotatable bonds is 4. The van der Waals surface area contributed by atoms with E-state index in [4.69, 9.17) is 9.47 Å². The van der Waals surface area contributed by atoms with Gasteiger partial charge in [0.2, 0.25) is 10.0 Å². The molecule has 0 saturated carbocycles. The lowest BCUT2D eigenvalue weighted by molar-refractivity contribution is 0.171. The minimum absolute atomic E-state index is 0.0719. The molecule has 116 valence electrons. The molecule has 2 aliphatic rings. The summed E-state index contributed by atoms with van der Waals surface area (Å²) < 4.78 is 37.5. The van der Waals surface area contributed by atoms with E-state index in [0.717, 1.165) is 29.9 Å². The number of fused-ring (bicyclic) bond motifs is 1. The van der Waals surface area contributed by atoms with E-state index in [9.17, 15) is 8.42 Å². The van der Waals surface area contributed by atoms with E-state index in [1.165, 1.54) is 0 Å². The van der Waals surface area contributed by atoms with Crippen molar-refractivity contribution in [3.05, 3.63) is 23.8 Å². The van der Waals surface area contributed by atoms with Crippen molar-refractivity contribution in [2.24, 2.45) is 0 Å². The zero-order valence-electron chi connectivity index (χ0n) is 12.2. The second-order valence-corrected chi connectivity index (χ2v) is 7.53.